The lowest BCUT2D eigenvalue weighted by molar-refractivity contribution is 0.312. The van der Waals surface area contributed by atoms with Crippen LogP contribution in [0, 0.1) is 17.8 Å². The van der Waals surface area contributed by atoms with Crippen molar-refractivity contribution in [3.63, 3.8) is 0 Å². The van der Waals surface area contributed by atoms with Crippen molar-refractivity contribution in [2.45, 2.75) is 369 Å². The number of rotatable bonds is 54. The summed E-state index contributed by atoms with van der Waals surface area (Å²) in [6.07, 6.45) is 77.1. The number of unbranched alkanes of at least 4 members (excludes halogenated alkanes) is 40. The normalized spacial score (nSPS) is 13.3. The predicted molar refractivity (Wildman–Crippen MR) is 279 cm³/mol. The van der Waals surface area contributed by atoms with E-state index in [2.05, 4.69) is 34.6 Å². The lowest BCUT2D eigenvalue weighted by Gasteiger charge is -2.21. The Hall–Kier alpha value is 0. The quantitative estimate of drug-likeness (QED) is 0.0535. The predicted octanol–water partition coefficient (Wildman–Crippen LogP) is 23.2. The third kappa shape index (κ3) is 49.0. The fraction of sp³-hybridized carbons (Fsp3) is 1.00. The van der Waals surface area contributed by atoms with Crippen LogP contribution in [-0.2, 0) is 0 Å². The van der Waals surface area contributed by atoms with Gasteiger partial charge in [0.1, 0.15) is 0 Å². The molecule has 0 heterocycles. The molecule has 0 amide bonds. The molecule has 3 atom stereocenters. The fourth-order valence-corrected chi connectivity index (χ4v) is 10.6. The molecular weight excluding hydrogens is 721 g/mol. The highest BCUT2D eigenvalue weighted by molar-refractivity contribution is 4.67. The third-order valence-electron chi connectivity index (χ3n) is 14.9. The third-order valence-corrected chi connectivity index (χ3v) is 14.9. The smallest absolute Gasteiger partial charge is 0.0412 e. The summed E-state index contributed by atoms with van der Waals surface area (Å²) in [4.78, 5) is 0. The Labute approximate surface area is 384 Å². The molecule has 362 valence electrons. The maximum atomic E-state index is 2.59. The standard InChI is InChI=1S/C60H122/c1-6-10-14-18-22-36-42-47-53-59(52-46-40-20-16-12-8-3)54-48-43-38-34-32-30-28-26-24-25-27-29-31-33-35-39-45-51-58(5)57-60(55-49-41-21-17-13-9-4)56-50-44-37-23-19-15-11-7-2/h58-60H,6-57H2,1-5H3. The Morgan fingerprint density at radius 2 is 0.350 bits per heavy atom. The first-order valence-corrected chi connectivity index (χ1v) is 29.7. The van der Waals surface area contributed by atoms with Crippen LogP contribution < -0.4 is 0 Å². The first kappa shape index (κ1) is 60.0. The molecule has 0 aromatic rings. The first-order valence-electron chi connectivity index (χ1n) is 29.7. The summed E-state index contributed by atoms with van der Waals surface area (Å²) < 4.78 is 0. The van der Waals surface area contributed by atoms with Crippen LogP contribution in [0.3, 0.4) is 0 Å². The minimum atomic E-state index is 0.945. The molecule has 0 saturated heterocycles. The van der Waals surface area contributed by atoms with Crippen molar-refractivity contribution in [3.05, 3.63) is 0 Å². The molecule has 0 aliphatic heterocycles. The molecule has 0 aromatic heterocycles. The maximum Gasteiger partial charge on any atom is -0.0412 e. The monoisotopic (exact) mass is 843 g/mol. The molecule has 0 rings (SSSR count). The second-order valence-corrected chi connectivity index (χ2v) is 21.3. The lowest BCUT2D eigenvalue weighted by Crippen LogP contribution is -2.08. The topological polar surface area (TPSA) is 0 Å². The summed E-state index contributed by atoms with van der Waals surface area (Å²) in [6, 6.07) is 0. The van der Waals surface area contributed by atoms with Gasteiger partial charge in [0, 0.05) is 0 Å². The van der Waals surface area contributed by atoms with Gasteiger partial charge >= 0.3 is 0 Å². The number of hydrogen-bond donors (Lipinski definition) is 0. The van der Waals surface area contributed by atoms with Crippen LogP contribution in [0.15, 0.2) is 0 Å². The molecule has 0 saturated carbocycles. The highest BCUT2D eigenvalue weighted by Gasteiger charge is 2.14. The molecule has 60 heavy (non-hydrogen) atoms. The lowest BCUT2D eigenvalue weighted by atomic mass is 9.85. The first-order chi connectivity index (χ1) is 29.7. The van der Waals surface area contributed by atoms with Gasteiger partial charge in [-0.3, -0.25) is 0 Å². The Morgan fingerprint density at radius 3 is 0.567 bits per heavy atom. The Morgan fingerprint density at radius 1 is 0.183 bits per heavy atom. The van der Waals surface area contributed by atoms with Crippen LogP contribution in [0.4, 0.5) is 0 Å². The Bertz CT molecular complexity index is 724. The van der Waals surface area contributed by atoms with E-state index in [1.54, 1.807) is 0 Å². The summed E-state index contributed by atoms with van der Waals surface area (Å²) in [5, 5.41) is 0. The SMILES string of the molecule is CCCCCCCCCCC(CCCCCCCC)CCCCCCCCCCCCCCCCCCCC(C)CC(CCCCCCCC)CCCCCCCCCC. The van der Waals surface area contributed by atoms with Crippen molar-refractivity contribution in [3.8, 4) is 0 Å². The second kappa shape index (κ2) is 53.3. The van der Waals surface area contributed by atoms with E-state index in [-0.39, 0.29) is 0 Å². The highest BCUT2D eigenvalue weighted by Crippen LogP contribution is 2.29. The molecule has 0 N–H and O–H groups in total. The molecule has 0 aromatic carbocycles. The van der Waals surface area contributed by atoms with Crippen LogP contribution in [0.2, 0.25) is 0 Å². The zero-order chi connectivity index (χ0) is 43.5. The van der Waals surface area contributed by atoms with Crippen molar-refractivity contribution >= 4 is 0 Å². The van der Waals surface area contributed by atoms with Crippen LogP contribution in [0.25, 0.3) is 0 Å². The van der Waals surface area contributed by atoms with Gasteiger partial charge in [-0.2, -0.15) is 0 Å². The van der Waals surface area contributed by atoms with E-state index in [4.69, 9.17) is 0 Å². The van der Waals surface area contributed by atoms with Crippen LogP contribution >= 0.6 is 0 Å². The van der Waals surface area contributed by atoms with Gasteiger partial charge in [-0.15, -0.1) is 0 Å². The molecule has 3 unspecified atom stereocenters. The Balaban J connectivity index is 3.83. The van der Waals surface area contributed by atoms with Gasteiger partial charge in [0.05, 0.1) is 0 Å². The summed E-state index contributed by atoms with van der Waals surface area (Å²) in [6.45, 7) is 11.9. The van der Waals surface area contributed by atoms with Crippen LogP contribution in [0.5, 0.6) is 0 Å². The molecule has 0 spiro atoms. The maximum absolute atomic E-state index is 2.59. The summed E-state index contributed by atoms with van der Waals surface area (Å²) in [5.74, 6) is 2.99. The second-order valence-electron chi connectivity index (χ2n) is 21.3. The van der Waals surface area contributed by atoms with E-state index >= 15 is 0 Å². The molecule has 0 heteroatoms. The van der Waals surface area contributed by atoms with Gasteiger partial charge in [-0.1, -0.05) is 362 Å². The van der Waals surface area contributed by atoms with Gasteiger partial charge in [-0.05, 0) is 24.2 Å². The Kier molecular flexibility index (Phi) is 53.3. The van der Waals surface area contributed by atoms with E-state index in [0.717, 1.165) is 17.8 Å². The average Bonchev–Trinajstić information content (AvgIpc) is 3.25. The zero-order valence-corrected chi connectivity index (χ0v) is 43.5. The van der Waals surface area contributed by atoms with E-state index < -0.39 is 0 Å². The number of hydrogen-bond acceptors (Lipinski definition) is 0. The van der Waals surface area contributed by atoms with Gasteiger partial charge in [0.2, 0.25) is 0 Å². The van der Waals surface area contributed by atoms with E-state index in [0.29, 0.717) is 0 Å². The van der Waals surface area contributed by atoms with Crippen molar-refractivity contribution in [2.24, 2.45) is 17.8 Å². The summed E-state index contributed by atoms with van der Waals surface area (Å²) in [7, 11) is 0. The fourth-order valence-electron chi connectivity index (χ4n) is 10.6. The van der Waals surface area contributed by atoms with Gasteiger partial charge < -0.3 is 0 Å². The molecule has 0 bridgehead atoms. The minimum Gasteiger partial charge on any atom is -0.0654 e. The molecule has 0 aliphatic carbocycles. The van der Waals surface area contributed by atoms with Gasteiger partial charge in [0.25, 0.3) is 0 Å². The van der Waals surface area contributed by atoms with E-state index in [9.17, 15) is 0 Å². The van der Waals surface area contributed by atoms with Gasteiger partial charge in [-0.25, -0.2) is 0 Å². The van der Waals surface area contributed by atoms with Crippen LogP contribution in [0.1, 0.15) is 369 Å². The molecule has 0 nitrogen and oxygen atoms in total. The van der Waals surface area contributed by atoms with E-state index in [1.807, 2.05) is 0 Å². The molecule has 0 aliphatic rings. The largest absolute Gasteiger partial charge is 0.0654 e. The van der Waals surface area contributed by atoms with Gasteiger partial charge in [0.15, 0.2) is 0 Å². The van der Waals surface area contributed by atoms with Crippen molar-refractivity contribution in [1.82, 2.24) is 0 Å². The minimum absolute atomic E-state index is 0.945. The highest BCUT2D eigenvalue weighted by atomic mass is 14.2. The van der Waals surface area contributed by atoms with Crippen molar-refractivity contribution in [2.75, 3.05) is 0 Å². The summed E-state index contributed by atoms with van der Waals surface area (Å²) in [5.41, 5.74) is 0. The van der Waals surface area contributed by atoms with E-state index in [1.165, 1.54) is 334 Å². The average molecular weight is 844 g/mol. The molecule has 0 fully saturated rings. The van der Waals surface area contributed by atoms with Crippen molar-refractivity contribution < 1.29 is 0 Å². The van der Waals surface area contributed by atoms with Crippen molar-refractivity contribution in [1.29, 1.82) is 0 Å². The molecule has 0 radical (unpaired) electrons. The zero-order valence-electron chi connectivity index (χ0n) is 43.5. The molecular formula is C60H122. The summed E-state index contributed by atoms with van der Waals surface area (Å²) >= 11 is 0. The van der Waals surface area contributed by atoms with Crippen LogP contribution in [-0.4, -0.2) is 0 Å².